The van der Waals surface area contributed by atoms with Crippen molar-refractivity contribution in [3.8, 4) is 11.3 Å². The molecule has 1 aromatic carbocycles. The quantitative estimate of drug-likeness (QED) is 0.796. The number of carbonyl (C=O) groups excluding carboxylic acids is 1. The minimum atomic E-state index is -0.351. The highest BCUT2D eigenvalue weighted by Gasteiger charge is 2.10. The Balaban J connectivity index is 2.53. The monoisotopic (exact) mass is 305 g/mol. The van der Waals surface area contributed by atoms with Gasteiger partial charge in [0, 0.05) is 16.2 Å². The predicted molar refractivity (Wildman–Crippen MR) is 73.4 cm³/mol. The van der Waals surface area contributed by atoms with Crippen molar-refractivity contribution in [3.05, 3.63) is 52.1 Å². The van der Waals surface area contributed by atoms with Crippen molar-refractivity contribution >= 4 is 21.9 Å². The van der Waals surface area contributed by atoms with E-state index in [-0.39, 0.29) is 5.97 Å². The van der Waals surface area contributed by atoms with E-state index in [9.17, 15) is 4.79 Å². The number of hydrogen-bond acceptors (Lipinski definition) is 3. The molecule has 2 rings (SSSR count). The minimum absolute atomic E-state index is 0.351. The summed E-state index contributed by atoms with van der Waals surface area (Å²) in [7, 11) is 1.37. The Kier molecular flexibility index (Phi) is 3.77. The maximum absolute atomic E-state index is 11.5. The highest BCUT2D eigenvalue weighted by atomic mass is 79.9. The van der Waals surface area contributed by atoms with Gasteiger partial charge in [-0.3, -0.25) is 4.98 Å². The summed E-state index contributed by atoms with van der Waals surface area (Å²) in [6.07, 6.45) is 1.75. The van der Waals surface area contributed by atoms with Gasteiger partial charge < -0.3 is 4.74 Å². The smallest absolute Gasteiger partial charge is 0.337 e. The first kappa shape index (κ1) is 12.8. The van der Waals surface area contributed by atoms with Crippen LogP contribution in [-0.4, -0.2) is 18.1 Å². The summed E-state index contributed by atoms with van der Waals surface area (Å²) in [5.41, 5.74) is 3.34. The number of ether oxygens (including phenoxy) is 1. The second kappa shape index (κ2) is 5.31. The maximum Gasteiger partial charge on any atom is 0.337 e. The first-order valence-electron chi connectivity index (χ1n) is 5.42. The number of methoxy groups -OCH3 is 1. The lowest BCUT2D eigenvalue weighted by Crippen LogP contribution is -2.01. The van der Waals surface area contributed by atoms with Crippen LogP contribution < -0.4 is 0 Å². The zero-order valence-electron chi connectivity index (χ0n) is 10.1. The van der Waals surface area contributed by atoms with E-state index in [2.05, 4.69) is 20.9 Å². The van der Waals surface area contributed by atoms with Gasteiger partial charge >= 0.3 is 5.97 Å². The largest absolute Gasteiger partial charge is 0.465 e. The van der Waals surface area contributed by atoms with Gasteiger partial charge in [-0.25, -0.2) is 4.79 Å². The molecular formula is C14H12BrNO2. The van der Waals surface area contributed by atoms with Crippen molar-refractivity contribution in [1.29, 1.82) is 0 Å². The average molecular weight is 306 g/mol. The van der Waals surface area contributed by atoms with Crippen LogP contribution in [0.15, 0.2) is 41.0 Å². The summed E-state index contributed by atoms with van der Waals surface area (Å²) in [5, 5.41) is 0. The molecule has 0 aliphatic rings. The number of aromatic nitrogens is 1. The number of hydrogen-bond donors (Lipinski definition) is 0. The normalized spacial score (nSPS) is 10.2. The third-order valence-electron chi connectivity index (χ3n) is 2.58. The Labute approximate surface area is 114 Å². The SMILES string of the molecule is COC(=O)c1ccc(Br)c(-c2cc(C)ccn2)c1. The second-order valence-electron chi connectivity index (χ2n) is 3.90. The lowest BCUT2D eigenvalue weighted by molar-refractivity contribution is 0.0601. The van der Waals surface area contributed by atoms with Crippen molar-refractivity contribution < 1.29 is 9.53 Å². The van der Waals surface area contributed by atoms with Gasteiger partial charge in [0.15, 0.2) is 0 Å². The molecule has 0 saturated carbocycles. The second-order valence-corrected chi connectivity index (χ2v) is 4.76. The van der Waals surface area contributed by atoms with Crippen molar-refractivity contribution in [2.45, 2.75) is 6.92 Å². The van der Waals surface area contributed by atoms with Crippen LogP contribution in [0.2, 0.25) is 0 Å². The molecule has 0 bridgehead atoms. The molecular weight excluding hydrogens is 294 g/mol. The van der Waals surface area contributed by atoms with Crippen molar-refractivity contribution in [2.24, 2.45) is 0 Å². The van der Waals surface area contributed by atoms with Gasteiger partial charge in [-0.15, -0.1) is 0 Å². The number of aryl methyl sites for hydroxylation is 1. The molecule has 18 heavy (non-hydrogen) atoms. The van der Waals surface area contributed by atoms with Crippen molar-refractivity contribution in [1.82, 2.24) is 4.98 Å². The van der Waals surface area contributed by atoms with Crippen LogP contribution >= 0.6 is 15.9 Å². The van der Waals surface area contributed by atoms with E-state index in [1.807, 2.05) is 25.1 Å². The number of carbonyl (C=O) groups is 1. The highest BCUT2D eigenvalue weighted by Crippen LogP contribution is 2.28. The number of nitrogens with zero attached hydrogens (tertiary/aromatic N) is 1. The molecule has 0 saturated heterocycles. The lowest BCUT2D eigenvalue weighted by Gasteiger charge is -2.07. The van der Waals surface area contributed by atoms with Gasteiger partial charge in [0.05, 0.1) is 18.4 Å². The molecule has 4 heteroatoms. The molecule has 0 atom stereocenters. The van der Waals surface area contributed by atoms with Gasteiger partial charge in [0.1, 0.15) is 0 Å². The number of esters is 1. The lowest BCUT2D eigenvalue weighted by atomic mass is 10.1. The van der Waals surface area contributed by atoms with Crippen LogP contribution in [0, 0.1) is 6.92 Å². The number of benzene rings is 1. The summed E-state index contributed by atoms with van der Waals surface area (Å²) in [4.78, 5) is 15.8. The Morgan fingerprint density at radius 3 is 2.72 bits per heavy atom. The van der Waals surface area contributed by atoms with Gasteiger partial charge in [0.25, 0.3) is 0 Å². The third-order valence-corrected chi connectivity index (χ3v) is 3.27. The van der Waals surface area contributed by atoms with E-state index in [1.165, 1.54) is 7.11 Å². The molecule has 0 N–H and O–H groups in total. The van der Waals surface area contributed by atoms with Gasteiger partial charge in [-0.05, 0) is 42.8 Å². The summed E-state index contributed by atoms with van der Waals surface area (Å²) in [6.45, 7) is 2.00. The molecule has 0 radical (unpaired) electrons. The van der Waals surface area contributed by atoms with Crippen LogP contribution in [-0.2, 0) is 4.74 Å². The Morgan fingerprint density at radius 2 is 2.06 bits per heavy atom. The van der Waals surface area contributed by atoms with Crippen molar-refractivity contribution in [2.75, 3.05) is 7.11 Å². The molecule has 0 unspecified atom stereocenters. The molecule has 3 nitrogen and oxygen atoms in total. The molecule has 0 aliphatic carbocycles. The summed E-state index contributed by atoms with van der Waals surface area (Å²) in [5.74, 6) is -0.351. The predicted octanol–water partition coefficient (Wildman–Crippen LogP) is 3.61. The molecule has 0 aliphatic heterocycles. The van der Waals surface area contributed by atoms with Crippen LogP contribution in [0.4, 0.5) is 0 Å². The van der Waals surface area contributed by atoms with E-state index in [1.54, 1.807) is 18.3 Å². The standard InChI is InChI=1S/C14H12BrNO2/c1-9-5-6-16-13(7-9)11-8-10(14(17)18-2)3-4-12(11)15/h3-8H,1-2H3. The number of rotatable bonds is 2. The van der Waals surface area contributed by atoms with Gasteiger partial charge in [0.2, 0.25) is 0 Å². The van der Waals surface area contributed by atoms with Crippen LogP contribution in [0.3, 0.4) is 0 Å². The number of pyridine rings is 1. The molecule has 0 spiro atoms. The van der Waals surface area contributed by atoms with E-state index < -0.39 is 0 Å². The zero-order valence-corrected chi connectivity index (χ0v) is 11.7. The first-order valence-corrected chi connectivity index (χ1v) is 6.22. The number of halogens is 1. The van der Waals surface area contributed by atoms with Crippen molar-refractivity contribution in [3.63, 3.8) is 0 Å². The highest BCUT2D eigenvalue weighted by molar-refractivity contribution is 9.10. The first-order chi connectivity index (χ1) is 8.61. The summed E-state index contributed by atoms with van der Waals surface area (Å²) >= 11 is 3.47. The molecule has 92 valence electrons. The Hall–Kier alpha value is -1.68. The van der Waals surface area contributed by atoms with E-state index in [0.29, 0.717) is 5.56 Å². The topological polar surface area (TPSA) is 39.2 Å². The fraction of sp³-hybridized carbons (Fsp3) is 0.143. The van der Waals surface area contributed by atoms with Crippen LogP contribution in [0.5, 0.6) is 0 Å². The van der Waals surface area contributed by atoms with E-state index in [4.69, 9.17) is 4.74 Å². The molecule has 1 aromatic heterocycles. The summed E-state index contributed by atoms with van der Waals surface area (Å²) < 4.78 is 5.61. The molecule has 2 aromatic rings. The molecule has 1 heterocycles. The van der Waals surface area contributed by atoms with E-state index >= 15 is 0 Å². The fourth-order valence-electron chi connectivity index (χ4n) is 1.65. The fourth-order valence-corrected chi connectivity index (χ4v) is 2.10. The van der Waals surface area contributed by atoms with Crippen LogP contribution in [0.1, 0.15) is 15.9 Å². The minimum Gasteiger partial charge on any atom is -0.465 e. The molecule has 0 amide bonds. The van der Waals surface area contributed by atoms with Crippen LogP contribution in [0.25, 0.3) is 11.3 Å². The van der Waals surface area contributed by atoms with Gasteiger partial charge in [-0.1, -0.05) is 15.9 Å². The third kappa shape index (κ3) is 2.59. The van der Waals surface area contributed by atoms with Gasteiger partial charge in [-0.2, -0.15) is 0 Å². The Bertz CT molecular complexity index is 596. The maximum atomic E-state index is 11.5. The summed E-state index contributed by atoms with van der Waals surface area (Å²) in [6, 6.07) is 9.22. The zero-order chi connectivity index (χ0) is 13.1. The molecule has 0 fully saturated rings. The Morgan fingerprint density at radius 1 is 1.28 bits per heavy atom. The average Bonchev–Trinajstić information content (AvgIpc) is 2.38. The van der Waals surface area contributed by atoms with E-state index in [0.717, 1.165) is 21.3 Å².